The number of rotatable bonds is 14. The fraction of sp³-hybridized carbons (Fsp3) is 0.500. The molecule has 0 aliphatic rings. The van der Waals surface area contributed by atoms with Gasteiger partial charge in [0.15, 0.2) is 0 Å². The van der Waals surface area contributed by atoms with E-state index in [1.807, 2.05) is 18.2 Å². The van der Waals surface area contributed by atoms with E-state index >= 15 is 0 Å². The first-order valence-corrected chi connectivity index (χ1v) is 12.6. The smallest absolute Gasteiger partial charge is 0.223 e. The van der Waals surface area contributed by atoms with Crippen molar-refractivity contribution in [2.45, 2.75) is 72.3 Å². The van der Waals surface area contributed by atoms with Crippen molar-refractivity contribution >= 4 is 16.9 Å². The first kappa shape index (κ1) is 24.8. The van der Waals surface area contributed by atoms with Crippen molar-refractivity contribution in [3.05, 3.63) is 59.9 Å². The van der Waals surface area contributed by atoms with Gasteiger partial charge in [-0.15, -0.1) is 0 Å². The van der Waals surface area contributed by atoms with Crippen molar-refractivity contribution in [2.24, 2.45) is 5.92 Å². The van der Waals surface area contributed by atoms with Gasteiger partial charge in [-0.3, -0.25) is 4.79 Å². The predicted octanol–water partition coefficient (Wildman–Crippen LogP) is 5.94. The van der Waals surface area contributed by atoms with Crippen LogP contribution in [0.15, 0.2) is 48.5 Å². The first-order chi connectivity index (χ1) is 16.2. The third-order valence-electron chi connectivity index (χ3n) is 6.38. The molecule has 0 radical (unpaired) electrons. The second kappa shape index (κ2) is 13.0. The molecule has 5 heteroatoms. The number of ether oxygens (including phenoxy) is 1. The zero-order chi connectivity index (χ0) is 23.5. The normalized spacial score (nSPS) is 11.3. The fourth-order valence-electron chi connectivity index (χ4n) is 4.24. The van der Waals surface area contributed by atoms with Crippen LogP contribution in [0.3, 0.4) is 0 Å². The SMILES string of the molecule is CCc1ccc(OCCn2c(CCCCCNC(=O)C(CC)CC)nc3ccccc32)cc1. The van der Waals surface area contributed by atoms with Gasteiger partial charge in [0.2, 0.25) is 5.91 Å². The quantitative estimate of drug-likeness (QED) is 0.310. The standard InChI is InChI=1S/C28H39N3O2/c1-4-22-15-17-24(18-16-22)33-21-20-31-26-13-10-9-12-25(26)30-27(31)14-8-7-11-19-29-28(32)23(5-2)6-3/h9-10,12-13,15-18,23H,4-8,11,14,19-21H2,1-3H3,(H,29,32). The number of imidazole rings is 1. The summed E-state index contributed by atoms with van der Waals surface area (Å²) >= 11 is 0. The second-order valence-corrected chi connectivity index (χ2v) is 8.63. The summed E-state index contributed by atoms with van der Waals surface area (Å²) in [6.07, 6.45) is 6.92. The number of amides is 1. The fourth-order valence-corrected chi connectivity index (χ4v) is 4.24. The Bertz CT molecular complexity index is 990. The van der Waals surface area contributed by atoms with Crippen LogP contribution in [0.2, 0.25) is 0 Å². The minimum Gasteiger partial charge on any atom is -0.492 e. The van der Waals surface area contributed by atoms with E-state index in [0.29, 0.717) is 6.61 Å². The van der Waals surface area contributed by atoms with Crippen molar-refractivity contribution in [1.82, 2.24) is 14.9 Å². The molecular weight excluding hydrogens is 410 g/mol. The van der Waals surface area contributed by atoms with Crippen LogP contribution in [0.25, 0.3) is 11.0 Å². The van der Waals surface area contributed by atoms with Gasteiger partial charge in [0.05, 0.1) is 17.6 Å². The molecule has 33 heavy (non-hydrogen) atoms. The summed E-state index contributed by atoms with van der Waals surface area (Å²) in [4.78, 5) is 17.0. The van der Waals surface area contributed by atoms with E-state index < -0.39 is 0 Å². The van der Waals surface area contributed by atoms with Gasteiger partial charge in [-0.25, -0.2) is 4.98 Å². The number of aryl methyl sites for hydroxylation is 2. The Hall–Kier alpha value is -2.82. The van der Waals surface area contributed by atoms with Crippen LogP contribution in [-0.2, 0) is 24.2 Å². The van der Waals surface area contributed by atoms with Crippen LogP contribution in [0, 0.1) is 5.92 Å². The highest BCUT2D eigenvalue weighted by molar-refractivity contribution is 5.78. The number of nitrogens with zero attached hydrogens (tertiary/aromatic N) is 2. The third-order valence-corrected chi connectivity index (χ3v) is 6.38. The van der Waals surface area contributed by atoms with E-state index in [4.69, 9.17) is 9.72 Å². The topological polar surface area (TPSA) is 56.1 Å². The van der Waals surface area contributed by atoms with E-state index in [1.165, 1.54) is 5.56 Å². The van der Waals surface area contributed by atoms with Crippen LogP contribution < -0.4 is 10.1 Å². The molecule has 0 saturated carbocycles. The summed E-state index contributed by atoms with van der Waals surface area (Å²) in [5, 5.41) is 3.09. The molecule has 0 saturated heterocycles. The largest absolute Gasteiger partial charge is 0.492 e. The lowest BCUT2D eigenvalue weighted by molar-refractivity contribution is -0.125. The molecule has 2 aromatic carbocycles. The molecule has 1 N–H and O–H groups in total. The Morgan fingerprint density at radius 1 is 1.00 bits per heavy atom. The maximum Gasteiger partial charge on any atom is 0.223 e. The number of para-hydroxylation sites is 2. The number of carbonyl (C=O) groups is 1. The minimum absolute atomic E-state index is 0.150. The Morgan fingerprint density at radius 2 is 1.76 bits per heavy atom. The second-order valence-electron chi connectivity index (χ2n) is 8.63. The summed E-state index contributed by atoms with van der Waals surface area (Å²) < 4.78 is 8.31. The van der Waals surface area contributed by atoms with Crippen molar-refractivity contribution in [1.29, 1.82) is 0 Å². The average molecular weight is 450 g/mol. The van der Waals surface area contributed by atoms with Gasteiger partial charge in [0.25, 0.3) is 0 Å². The monoisotopic (exact) mass is 449 g/mol. The summed E-state index contributed by atoms with van der Waals surface area (Å²) in [5.41, 5.74) is 3.52. The van der Waals surface area contributed by atoms with Crippen molar-refractivity contribution in [3.63, 3.8) is 0 Å². The van der Waals surface area contributed by atoms with Gasteiger partial charge in [-0.05, 0) is 61.9 Å². The zero-order valence-electron chi connectivity index (χ0n) is 20.5. The molecule has 1 heterocycles. The van der Waals surface area contributed by atoms with Crippen molar-refractivity contribution < 1.29 is 9.53 Å². The number of fused-ring (bicyclic) bond motifs is 1. The Balaban J connectivity index is 1.50. The maximum absolute atomic E-state index is 12.1. The molecule has 0 atom stereocenters. The highest BCUT2D eigenvalue weighted by Gasteiger charge is 2.13. The van der Waals surface area contributed by atoms with E-state index in [9.17, 15) is 4.79 Å². The van der Waals surface area contributed by atoms with Crippen molar-refractivity contribution in [3.8, 4) is 5.75 Å². The number of unbranched alkanes of at least 4 members (excludes halogenated alkanes) is 2. The number of aromatic nitrogens is 2. The Labute approximate surface area is 198 Å². The van der Waals surface area contributed by atoms with Gasteiger partial charge in [0.1, 0.15) is 18.2 Å². The molecule has 1 aromatic heterocycles. The number of nitrogens with one attached hydrogen (secondary N) is 1. The zero-order valence-corrected chi connectivity index (χ0v) is 20.5. The summed E-state index contributed by atoms with van der Waals surface area (Å²) in [7, 11) is 0. The third kappa shape index (κ3) is 7.08. The molecule has 1 amide bonds. The highest BCUT2D eigenvalue weighted by Crippen LogP contribution is 2.19. The average Bonchev–Trinajstić information content (AvgIpc) is 3.20. The van der Waals surface area contributed by atoms with Crippen LogP contribution >= 0.6 is 0 Å². The molecule has 0 aliphatic carbocycles. The summed E-state index contributed by atoms with van der Waals surface area (Å²) in [6.45, 7) is 8.46. The molecule has 0 bridgehead atoms. The van der Waals surface area contributed by atoms with Gasteiger partial charge < -0.3 is 14.6 Å². The molecule has 178 valence electrons. The molecule has 0 spiro atoms. The lowest BCUT2D eigenvalue weighted by atomic mass is 10.0. The number of hydrogen-bond donors (Lipinski definition) is 1. The number of benzene rings is 2. The Kier molecular flexibility index (Phi) is 9.79. The van der Waals surface area contributed by atoms with E-state index in [-0.39, 0.29) is 11.8 Å². The molecule has 3 rings (SSSR count). The Morgan fingerprint density at radius 3 is 2.48 bits per heavy atom. The van der Waals surface area contributed by atoms with Gasteiger partial charge >= 0.3 is 0 Å². The minimum atomic E-state index is 0.150. The molecule has 3 aromatic rings. The van der Waals surface area contributed by atoms with E-state index in [1.54, 1.807) is 0 Å². The summed E-state index contributed by atoms with van der Waals surface area (Å²) in [6, 6.07) is 16.7. The molecule has 0 fully saturated rings. The molecule has 0 unspecified atom stereocenters. The van der Waals surface area contributed by atoms with Crippen molar-refractivity contribution in [2.75, 3.05) is 13.2 Å². The van der Waals surface area contributed by atoms with Gasteiger partial charge in [-0.2, -0.15) is 0 Å². The van der Waals surface area contributed by atoms with Gasteiger partial charge in [0, 0.05) is 18.9 Å². The highest BCUT2D eigenvalue weighted by atomic mass is 16.5. The summed E-state index contributed by atoms with van der Waals surface area (Å²) in [5.74, 6) is 2.37. The predicted molar refractivity (Wildman–Crippen MR) is 136 cm³/mol. The van der Waals surface area contributed by atoms with Crippen LogP contribution in [0.5, 0.6) is 5.75 Å². The number of carbonyl (C=O) groups excluding carboxylic acids is 1. The first-order valence-electron chi connectivity index (χ1n) is 12.6. The van der Waals surface area contributed by atoms with Gasteiger partial charge in [-0.1, -0.05) is 51.5 Å². The molecular formula is C28H39N3O2. The van der Waals surface area contributed by atoms with E-state index in [0.717, 1.165) is 80.6 Å². The van der Waals surface area contributed by atoms with Crippen LogP contribution in [-0.4, -0.2) is 28.6 Å². The van der Waals surface area contributed by atoms with Crippen LogP contribution in [0.1, 0.15) is 64.3 Å². The molecule has 0 aliphatic heterocycles. The number of hydrogen-bond acceptors (Lipinski definition) is 3. The molecule has 5 nitrogen and oxygen atoms in total. The lowest BCUT2D eigenvalue weighted by Crippen LogP contribution is -2.30. The van der Waals surface area contributed by atoms with E-state index in [2.05, 4.69) is 61.0 Å². The maximum atomic E-state index is 12.1. The lowest BCUT2D eigenvalue weighted by Gasteiger charge is -2.13. The van der Waals surface area contributed by atoms with Crippen LogP contribution in [0.4, 0.5) is 0 Å².